The van der Waals surface area contributed by atoms with Crippen molar-refractivity contribution in [3.05, 3.63) is 79.6 Å². The van der Waals surface area contributed by atoms with Crippen LogP contribution in [-0.2, 0) is 6.54 Å². The van der Waals surface area contributed by atoms with Crippen molar-refractivity contribution in [3.8, 4) is 0 Å². The highest BCUT2D eigenvalue weighted by atomic mass is 35.5. The molecule has 0 aliphatic rings. The van der Waals surface area contributed by atoms with Crippen molar-refractivity contribution < 1.29 is 4.92 Å². The molecule has 0 radical (unpaired) electrons. The Balaban J connectivity index is 1.72. The Kier molecular flexibility index (Phi) is 6.36. The normalized spacial score (nSPS) is 10.6. The second-order valence-corrected chi connectivity index (χ2v) is 7.57. The summed E-state index contributed by atoms with van der Waals surface area (Å²) in [5, 5.41) is 23.0. The van der Waals surface area contributed by atoms with Crippen LogP contribution in [0.5, 0.6) is 0 Å². The summed E-state index contributed by atoms with van der Waals surface area (Å²) in [5.41, 5.74) is 4.02. The Bertz CT molecular complexity index is 1080. The average Bonchev–Trinajstić information content (AvgIpc) is 2.92. The molecule has 2 N–H and O–H groups in total. The average molecular weight is 450 g/mol. The molecule has 1 heterocycles. The predicted octanol–water partition coefficient (Wildman–Crippen LogP) is 5.57. The van der Waals surface area contributed by atoms with Crippen LogP contribution in [0.1, 0.15) is 17.0 Å². The zero-order chi connectivity index (χ0) is 21.1. The highest BCUT2D eigenvalue weighted by Gasteiger charge is 2.14. The summed E-state index contributed by atoms with van der Waals surface area (Å²) in [4.78, 5) is 10.3. The number of aryl methyl sites for hydroxylation is 1. The van der Waals surface area contributed by atoms with Gasteiger partial charge in [-0.25, -0.2) is 0 Å². The largest absolute Gasteiger partial charge is 0.332 e. The van der Waals surface area contributed by atoms with Crippen LogP contribution in [0.4, 0.5) is 17.1 Å². The Morgan fingerprint density at radius 2 is 1.86 bits per heavy atom. The van der Waals surface area contributed by atoms with E-state index in [1.54, 1.807) is 24.3 Å². The molecule has 3 aromatic rings. The van der Waals surface area contributed by atoms with E-state index in [0.717, 1.165) is 22.6 Å². The van der Waals surface area contributed by atoms with Crippen LogP contribution in [0.3, 0.4) is 0 Å². The number of anilines is 2. The van der Waals surface area contributed by atoms with Gasteiger partial charge < -0.3 is 10.6 Å². The number of non-ortho nitro benzene ring substituents is 1. The lowest BCUT2D eigenvalue weighted by Gasteiger charge is -2.11. The molecule has 7 nitrogen and oxygen atoms in total. The lowest BCUT2D eigenvalue weighted by Crippen LogP contribution is -2.20. The smallest absolute Gasteiger partial charge is 0.269 e. The van der Waals surface area contributed by atoms with Crippen LogP contribution in [0.2, 0.25) is 10.0 Å². The summed E-state index contributed by atoms with van der Waals surface area (Å²) in [5.74, 6) is 0. The van der Waals surface area contributed by atoms with Gasteiger partial charge in [0.1, 0.15) is 0 Å². The van der Waals surface area contributed by atoms with Crippen LogP contribution in [-0.4, -0.2) is 19.8 Å². The second kappa shape index (κ2) is 8.77. The molecule has 0 atom stereocenters. The molecule has 0 unspecified atom stereocenters. The fourth-order valence-corrected chi connectivity index (χ4v) is 3.47. The molecule has 0 aliphatic carbocycles. The number of thiocarbonyl (C=S) groups is 1. The van der Waals surface area contributed by atoms with Gasteiger partial charge >= 0.3 is 0 Å². The van der Waals surface area contributed by atoms with Gasteiger partial charge in [0.05, 0.1) is 28.5 Å². The Labute approximate surface area is 182 Å². The molecule has 29 heavy (non-hydrogen) atoms. The summed E-state index contributed by atoms with van der Waals surface area (Å²) in [7, 11) is 0. The number of nitro groups is 1. The maximum Gasteiger partial charge on any atom is 0.269 e. The van der Waals surface area contributed by atoms with Gasteiger partial charge in [0.25, 0.3) is 5.69 Å². The lowest BCUT2D eigenvalue weighted by molar-refractivity contribution is -0.384. The van der Waals surface area contributed by atoms with Crippen molar-refractivity contribution in [2.45, 2.75) is 20.4 Å². The van der Waals surface area contributed by atoms with Gasteiger partial charge in [0.2, 0.25) is 0 Å². The van der Waals surface area contributed by atoms with E-state index in [-0.39, 0.29) is 5.69 Å². The van der Waals surface area contributed by atoms with Crippen LogP contribution in [0.25, 0.3) is 0 Å². The zero-order valence-electron chi connectivity index (χ0n) is 15.6. The minimum absolute atomic E-state index is 0.0169. The molecule has 0 spiro atoms. The molecule has 0 fully saturated rings. The maximum absolute atomic E-state index is 10.7. The summed E-state index contributed by atoms with van der Waals surface area (Å²) in [6.07, 6.45) is 0. The van der Waals surface area contributed by atoms with E-state index in [2.05, 4.69) is 15.7 Å². The van der Waals surface area contributed by atoms with Crippen molar-refractivity contribution in [1.29, 1.82) is 0 Å². The first-order valence-corrected chi connectivity index (χ1v) is 9.71. The number of hydrogen-bond acceptors (Lipinski definition) is 4. The molecule has 0 saturated carbocycles. The van der Waals surface area contributed by atoms with E-state index < -0.39 is 4.92 Å². The third-order valence-electron chi connectivity index (χ3n) is 4.29. The van der Waals surface area contributed by atoms with E-state index in [0.29, 0.717) is 27.4 Å². The lowest BCUT2D eigenvalue weighted by atomic mass is 10.2. The van der Waals surface area contributed by atoms with Crippen molar-refractivity contribution in [1.82, 2.24) is 9.78 Å². The zero-order valence-corrected chi connectivity index (χ0v) is 17.9. The van der Waals surface area contributed by atoms with Crippen LogP contribution >= 0.6 is 35.4 Å². The van der Waals surface area contributed by atoms with Gasteiger partial charge in [0.15, 0.2) is 5.11 Å². The van der Waals surface area contributed by atoms with E-state index in [4.69, 9.17) is 35.4 Å². The molecule has 0 saturated heterocycles. The van der Waals surface area contributed by atoms with E-state index in [1.807, 2.05) is 24.6 Å². The van der Waals surface area contributed by atoms with E-state index >= 15 is 0 Å². The first-order chi connectivity index (χ1) is 13.7. The number of hydrogen-bond donors (Lipinski definition) is 2. The summed E-state index contributed by atoms with van der Waals surface area (Å²) in [6.45, 7) is 4.30. The van der Waals surface area contributed by atoms with Crippen LogP contribution < -0.4 is 10.6 Å². The number of rotatable bonds is 5. The Morgan fingerprint density at radius 1 is 1.17 bits per heavy atom. The third-order valence-corrected chi connectivity index (χ3v) is 5.08. The molecule has 10 heteroatoms. The first kappa shape index (κ1) is 21.0. The minimum atomic E-state index is -0.450. The van der Waals surface area contributed by atoms with E-state index in [1.165, 1.54) is 12.1 Å². The van der Waals surface area contributed by atoms with Gasteiger partial charge in [-0.1, -0.05) is 29.3 Å². The summed E-state index contributed by atoms with van der Waals surface area (Å²) >= 11 is 17.6. The number of nitrogens with one attached hydrogen (secondary N) is 2. The predicted molar refractivity (Wildman–Crippen MR) is 120 cm³/mol. The molecular formula is C19H17Cl2N5O2S. The topological polar surface area (TPSA) is 85.0 Å². The van der Waals surface area contributed by atoms with Crippen LogP contribution in [0.15, 0.2) is 42.5 Å². The molecular weight excluding hydrogens is 433 g/mol. The van der Waals surface area contributed by atoms with Crippen molar-refractivity contribution >= 4 is 57.6 Å². The third kappa shape index (κ3) is 5.03. The molecule has 1 aromatic heterocycles. The number of nitrogens with zero attached hydrogens (tertiary/aromatic N) is 3. The number of aromatic nitrogens is 2. The fraction of sp³-hybridized carbons (Fsp3) is 0.158. The van der Waals surface area contributed by atoms with Gasteiger partial charge in [-0.2, -0.15) is 5.10 Å². The van der Waals surface area contributed by atoms with Crippen molar-refractivity contribution in [2.75, 3.05) is 10.6 Å². The van der Waals surface area contributed by atoms with Crippen LogP contribution in [0, 0.1) is 24.0 Å². The standard InChI is InChI=1S/C19H17Cl2N5O2S/c1-11-18(23-19(29)22-15-5-7-16(8-6-15)26(27)28)12(2)25(24-11)10-13-3-4-14(20)9-17(13)21/h3-9H,10H2,1-2H3,(H2,22,23,29). The minimum Gasteiger partial charge on any atom is -0.332 e. The number of nitro benzene ring substituents is 1. The Morgan fingerprint density at radius 3 is 2.48 bits per heavy atom. The fourth-order valence-electron chi connectivity index (χ4n) is 2.79. The van der Waals surface area contributed by atoms with Gasteiger partial charge in [-0.05, 0) is 55.9 Å². The molecule has 0 amide bonds. The quantitative estimate of drug-likeness (QED) is 0.300. The highest BCUT2D eigenvalue weighted by Crippen LogP contribution is 2.25. The molecule has 0 bridgehead atoms. The first-order valence-electron chi connectivity index (χ1n) is 8.55. The van der Waals surface area contributed by atoms with Gasteiger partial charge in [-0.3, -0.25) is 14.8 Å². The SMILES string of the molecule is Cc1nn(Cc2ccc(Cl)cc2Cl)c(C)c1NC(=S)Nc1ccc([N+](=O)[O-])cc1. The monoisotopic (exact) mass is 449 g/mol. The molecule has 3 rings (SSSR count). The Hall–Kier alpha value is -2.68. The molecule has 0 aliphatic heterocycles. The van der Waals surface area contributed by atoms with Gasteiger partial charge in [0, 0.05) is 27.9 Å². The second-order valence-electron chi connectivity index (χ2n) is 6.32. The van der Waals surface area contributed by atoms with Gasteiger partial charge in [-0.15, -0.1) is 0 Å². The number of halogens is 2. The van der Waals surface area contributed by atoms with Crippen molar-refractivity contribution in [2.24, 2.45) is 0 Å². The highest BCUT2D eigenvalue weighted by molar-refractivity contribution is 7.80. The summed E-state index contributed by atoms with van der Waals surface area (Å²) in [6, 6.07) is 11.4. The van der Waals surface area contributed by atoms with E-state index in [9.17, 15) is 10.1 Å². The number of benzene rings is 2. The molecule has 2 aromatic carbocycles. The maximum atomic E-state index is 10.7. The summed E-state index contributed by atoms with van der Waals surface area (Å²) < 4.78 is 1.83. The van der Waals surface area contributed by atoms with Crippen molar-refractivity contribution in [3.63, 3.8) is 0 Å². The molecule has 150 valence electrons.